The lowest BCUT2D eigenvalue weighted by atomic mass is 10.4. The summed E-state index contributed by atoms with van der Waals surface area (Å²) in [6, 6.07) is 0. The zero-order chi connectivity index (χ0) is 8.43. The molecule has 0 aliphatic carbocycles. The molecule has 0 amide bonds. The van der Waals surface area contributed by atoms with Gasteiger partial charge in [0.2, 0.25) is 6.33 Å². The summed E-state index contributed by atoms with van der Waals surface area (Å²) in [5, 5.41) is 11.0. The van der Waals surface area contributed by atoms with Gasteiger partial charge in [-0.05, 0) is 0 Å². The van der Waals surface area contributed by atoms with E-state index in [0.29, 0.717) is 13.1 Å². The first kappa shape index (κ1) is 8.07. The van der Waals surface area contributed by atoms with Gasteiger partial charge in [-0.25, -0.2) is 9.30 Å². The van der Waals surface area contributed by atoms with Gasteiger partial charge in [-0.3, -0.25) is 0 Å². The second kappa shape index (κ2) is 2.92. The zero-order valence-electron chi connectivity index (χ0n) is 6.87. The van der Waals surface area contributed by atoms with Crippen molar-refractivity contribution in [3.05, 3.63) is 22.9 Å². The van der Waals surface area contributed by atoms with Crippen molar-refractivity contribution >= 4 is 0 Å². The number of nitrogens with zero attached hydrogens (tertiary/aromatic N) is 2. The Kier molecular flexibility index (Phi) is 2.14. The fourth-order valence-electron chi connectivity index (χ4n) is 1.03. The quantitative estimate of drug-likeness (QED) is 0.470. The predicted molar refractivity (Wildman–Crippen MR) is 41.9 cm³/mol. The van der Waals surface area contributed by atoms with Crippen LogP contribution >= 0.6 is 0 Å². The monoisotopic (exact) mass is 155 g/mol. The van der Waals surface area contributed by atoms with E-state index < -0.39 is 0 Å². The van der Waals surface area contributed by atoms with Crippen LogP contribution in [-0.2, 0) is 6.54 Å². The van der Waals surface area contributed by atoms with E-state index in [0.717, 1.165) is 16.1 Å². The fourth-order valence-corrected chi connectivity index (χ4v) is 1.03. The van der Waals surface area contributed by atoms with Crippen molar-refractivity contribution in [3.63, 3.8) is 0 Å². The molecule has 0 saturated carbocycles. The van der Waals surface area contributed by atoms with E-state index >= 15 is 0 Å². The lowest BCUT2D eigenvalue weighted by molar-refractivity contribution is -0.611. The number of nitrogens with two attached hydrogens (primary N) is 1. The SMILES string of the molecule is Cc1c(C)[n+]([O-])cn1CCN. The maximum atomic E-state index is 11.0. The molecule has 1 rings (SSSR count). The van der Waals surface area contributed by atoms with Crippen LogP contribution in [0.15, 0.2) is 6.33 Å². The number of hydrogen-bond donors (Lipinski definition) is 1. The van der Waals surface area contributed by atoms with Crippen molar-refractivity contribution < 1.29 is 4.73 Å². The molecule has 1 heterocycles. The molecule has 0 aliphatic heterocycles. The van der Waals surface area contributed by atoms with Crippen molar-refractivity contribution in [1.82, 2.24) is 4.57 Å². The molecule has 0 atom stereocenters. The second-order valence-corrected chi connectivity index (χ2v) is 2.59. The average molecular weight is 155 g/mol. The summed E-state index contributed by atoms with van der Waals surface area (Å²) in [7, 11) is 0. The third-order valence-corrected chi connectivity index (χ3v) is 1.90. The topological polar surface area (TPSA) is 57.9 Å². The average Bonchev–Trinajstić information content (AvgIpc) is 2.19. The molecule has 0 bridgehead atoms. The van der Waals surface area contributed by atoms with E-state index in [9.17, 15) is 5.21 Å². The highest BCUT2D eigenvalue weighted by atomic mass is 16.5. The van der Waals surface area contributed by atoms with Gasteiger partial charge in [0.25, 0.3) is 0 Å². The summed E-state index contributed by atoms with van der Waals surface area (Å²) in [5.41, 5.74) is 7.10. The standard InChI is InChI=1S/C7H13N3O/c1-6-7(2)10(11)5-9(6)4-3-8/h5H,3-4,8H2,1-2H3. The van der Waals surface area contributed by atoms with E-state index in [4.69, 9.17) is 5.73 Å². The Morgan fingerprint density at radius 2 is 2.27 bits per heavy atom. The molecule has 4 nitrogen and oxygen atoms in total. The van der Waals surface area contributed by atoms with E-state index in [-0.39, 0.29) is 0 Å². The van der Waals surface area contributed by atoms with Crippen molar-refractivity contribution in [2.24, 2.45) is 5.73 Å². The maximum absolute atomic E-state index is 11.0. The molecule has 0 unspecified atom stereocenters. The van der Waals surface area contributed by atoms with Crippen molar-refractivity contribution in [2.75, 3.05) is 6.54 Å². The third-order valence-electron chi connectivity index (χ3n) is 1.90. The first-order valence-electron chi connectivity index (χ1n) is 3.62. The Morgan fingerprint density at radius 3 is 2.64 bits per heavy atom. The van der Waals surface area contributed by atoms with Gasteiger partial charge in [-0.1, -0.05) is 0 Å². The molecule has 0 aromatic carbocycles. The summed E-state index contributed by atoms with van der Waals surface area (Å²) in [6.07, 6.45) is 1.53. The first-order chi connectivity index (χ1) is 5.16. The van der Waals surface area contributed by atoms with Gasteiger partial charge in [0.05, 0.1) is 0 Å². The normalized spacial score (nSPS) is 10.5. The summed E-state index contributed by atoms with van der Waals surface area (Å²) in [4.78, 5) is 0. The van der Waals surface area contributed by atoms with Crippen LogP contribution in [0, 0.1) is 19.1 Å². The summed E-state index contributed by atoms with van der Waals surface area (Å²) in [5.74, 6) is 0. The summed E-state index contributed by atoms with van der Waals surface area (Å²) >= 11 is 0. The van der Waals surface area contributed by atoms with Gasteiger partial charge in [0.1, 0.15) is 17.9 Å². The smallest absolute Gasteiger partial charge is 0.247 e. The van der Waals surface area contributed by atoms with Crippen molar-refractivity contribution in [2.45, 2.75) is 20.4 Å². The van der Waals surface area contributed by atoms with E-state index in [2.05, 4.69) is 0 Å². The first-order valence-corrected chi connectivity index (χ1v) is 3.62. The van der Waals surface area contributed by atoms with E-state index in [1.165, 1.54) is 6.33 Å². The highest BCUT2D eigenvalue weighted by molar-refractivity contribution is 5.02. The van der Waals surface area contributed by atoms with Crippen LogP contribution in [-0.4, -0.2) is 11.1 Å². The molecule has 0 radical (unpaired) electrons. The lowest BCUT2D eigenvalue weighted by Crippen LogP contribution is -2.26. The van der Waals surface area contributed by atoms with Crippen LogP contribution < -0.4 is 10.5 Å². The zero-order valence-corrected chi connectivity index (χ0v) is 6.87. The molecular weight excluding hydrogens is 142 g/mol. The molecule has 0 fully saturated rings. The van der Waals surface area contributed by atoms with Crippen LogP contribution in [0.25, 0.3) is 0 Å². The summed E-state index contributed by atoms with van der Waals surface area (Å²) in [6.45, 7) is 4.99. The highest BCUT2D eigenvalue weighted by Crippen LogP contribution is 2.00. The van der Waals surface area contributed by atoms with Gasteiger partial charge < -0.3 is 10.9 Å². The Labute approximate surface area is 65.8 Å². The molecule has 0 spiro atoms. The van der Waals surface area contributed by atoms with Gasteiger partial charge in [0.15, 0.2) is 0 Å². The molecule has 2 N–H and O–H groups in total. The Hall–Kier alpha value is -1.03. The van der Waals surface area contributed by atoms with Crippen LogP contribution in [0.1, 0.15) is 11.4 Å². The minimum atomic E-state index is 0.564. The van der Waals surface area contributed by atoms with Crippen LogP contribution in [0.5, 0.6) is 0 Å². The van der Waals surface area contributed by atoms with Gasteiger partial charge in [-0.2, -0.15) is 0 Å². The van der Waals surface area contributed by atoms with Crippen molar-refractivity contribution in [3.8, 4) is 0 Å². The van der Waals surface area contributed by atoms with Gasteiger partial charge in [0, 0.05) is 20.4 Å². The maximum Gasteiger partial charge on any atom is 0.247 e. The molecule has 4 heteroatoms. The predicted octanol–water partition coefficient (Wildman–Crippen LogP) is -0.303. The molecule has 1 aromatic rings. The molecule has 11 heavy (non-hydrogen) atoms. The minimum absolute atomic E-state index is 0.564. The molecular formula is C7H13N3O. The molecule has 0 saturated heterocycles. The van der Waals surface area contributed by atoms with Crippen LogP contribution in [0.2, 0.25) is 0 Å². The Morgan fingerprint density at radius 1 is 1.64 bits per heavy atom. The van der Waals surface area contributed by atoms with E-state index in [1.807, 2.05) is 11.5 Å². The minimum Gasteiger partial charge on any atom is -0.711 e. The number of imidazole rings is 1. The number of hydrogen-bond acceptors (Lipinski definition) is 2. The molecule has 1 aromatic heterocycles. The number of rotatable bonds is 2. The number of aromatic nitrogens is 2. The van der Waals surface area contributed by atoms with Crippen LogP contribution in [0.3, 0.4) is 0 Å². The van der Waals surface area contributed by atoms with Crippen LogP contribution in [0.4, 0.5) is 0 Å². The largest absolute Gasteiger partial charge is 0.711 e. The van der Waals surface area contributed by atoms with Gasteiger partial charge >= 0.3 is 0 Å². The Balaban J connectivity index is 2.98. The van der Waals surface area contributed by atoms with E-state index in [1.54, 1.807) is 6.92 Å². The highest BCUT2D eigenvalue weighted by Gasteiger charge is 2.09. The van der Waals surface area contributed by atoms with Gasteiger partial charge in [-0.15, -0.1) is 0 Å². The van der Waals surface area contributed by atoms with Crippen molar-refractivity contribution in [1.29, 1.82) is 0 Å². The summed E-state index contributed by atoms with van der Waals surface area (Å²) < 4.78 is 2.73. The lowest BCUT2D eigenvalue weighted by Gasteiger charge is -1.94. The molecule has 0 aliphatic rings. The third kappa shape index (κ3) is 1.35. The fraction of sp³-hybridized carbons (Fsp3) is 0.571. The molecule has 62 valence electrons. The second-order valence-electron chi connectivity index (χ2n) is 2.59. The Bertz CT molecular complexity index is 254.